The highest BCUT2D eigenvalue weighted by atomic mass is 16.5. The Bertz CT molecular complexity index is 1030. The maximum Gasteiger partial charge on any atom is 0.251 e. The smallest absolute Gasteiger partial charge is 0.251 e. The second kappa shape index (κ2) is 16.9. The number of carbonyl (C=O) groups is 1. The summed E-state index contributed by atoms with van der Waals surface area (Å²) in [6.45, 7) is 3.66. The van der Waals surface area contributed by atoms with Crippen LogP contribution in [0.15, 0.2) is 24.3 Å². The number of ether oxygens (including phenoxy) is 2. The maximum atomic E-state index is 12.7. The van der Waals surface area contributed by atoms with Crippen molar-refractivity contribution in [1.29, 1.82) is 0 Å². The molecule has 6 N–H and O–H groups in total. The zero-order valence-corrected chi connectivity index (χ0v) is 23.6. The molecule has 0 spiro atoms. The van der Waals surface area contributed by atoms with E-state index < -0.39 is 0 Å². The van der Waals surface area contributed by atoms with Gasteiger partial charge in [-0.15, -0.1) is 0 Å². The maximum absolute atomic E-state index is 12.7. The molecule has 4 rings (SSSR count). The number of carbonyl (C=O) groups excluding carboxylic acids is 1. The molecule has 2 fully saturated rings. The van der Waals surface area contributed by atoms with Gasteiger partial charge in [-0.05, 0) is 49.8 Å². The average Bonchev–Trinajstić information content (AvgIpc) is 2.98. The van der Waals surface area contributed by atoms with Crippen LogP contribution in [-0.2, 0) is 9.47 Å². The van der Waals surface area contributed by atoms with Gasteiger partial charge in [0.1, 0.15) is 0 Å². The van der Waals surface area contributed by atoms with Crippen LogP contribution in [-0.4, -0.2) is 73.0 Å². The van der Waals surface area contributed by atoms with Gasteiger partial charge >= 0.3 is 0 Å². The van der Waals surface area contributed by atoms with Crippen LogP contribution in [0.25, 0.3) is 0 Å². The van der Waals surface area contributed by atoms with Crippen LogP contribution in [0.4, 0.5) is 23.5 Å². The van der Waals surface area contributed by atoms with Gasteiger partial charge < -0.3 is 36.5 Å². The van der Waals surface area contributed by atoms with Crippen molar-refractivity contribution in [3.05, 3.63) is 29.8 Å². The molecule has 11 nitrogen and oxygen atoms in total. The highest BCUT2D eigenvalue weighted by Crippen LogP contribution is 2.25. The van der Waals surface area contributed by atoms with Crippen LogP contribution in [0.5, 0.6) is 0 Å². The minimum Gasteiger partial charge on any atom is -0.378 e. The van der Waals surface area contributed by atoms with E-state index in [9.17, 15) is 4.79 Å². The summed E-state index contributed by atoms with van der Waals surface area (Å²) < 4.78 is 10.7. The number of nitrogens with one attached hydrogen (secondary N) is 4. The Morgan fingerprint density at radius 2 is 1.55 bits per heavy atom. The SMILES string of the molecule is NCCOCCOCCNC(=O)c1cccc(Nc2nc(NCC3CCCCC3)nc(NC3CCCCC3)n2)c1. The fourth-order valence-electron chi connectivity index (χ4n) is 5.24. The zero-order valence-electron chi connectivity index (χ0n) is 23.6. The molecule has 1 aromatic carbocycles. The van der Waals surface area contributed by atoms with E-state index in [-0.39, 0.29) is 5.91 Å². The van der Waals surface area contributed by atoms with Gasteiger partial charge in [-0.1, -0.05) is 44.6 Å². The van der Waals surface area contributed by atoms with Crippen molar-refractivity contribution in [2.24, 2.45) is 11.7 Å². The zero-order chi connectivity index (χ0) is 27.8. The molecule has 0 radical (unpaired) electrons. The van der Waals surface area contributed by atoms with Crippen LogP contribution in [0, 0.1) is 5.92 Å². The number of hydrogen-bond acceptors (Lipinski definition) is 10. The molecule has 2 aliphatic carbocycles. The summed E-state index contributed by atoms with van der Waals surface area (Å²) in [7, 11) is 0. The Hall–Kier alpha value is -3.02. The van der Waals surface area contributed by atoms with E-state index in [0.717, 1.165) is 25.1 Å². The topological polar surface area (TPSA) is 148 Å². The Morgan fingerprint density at radius 3 is 2.33 bits per heavy atom. The summed E-state index contributed by atoms with van der Waals surface area (Å²) in [6.07, 6.45) is 12.4. The molecule has 1 heterocycles. The Labute approximate surface area is 237 Å². The summed E-state index contributed by atoms with van der Waals surface area (Å²) in [5.74, 6) is 2.09. The summed E-state index contributed by atoms with van der Waals surface area (Å²) >= 11 is 0. The molecule has 2 aromatic rings. The molecular weight excluding hydrogens is 508 g/mol. The third kappa shape index (κ3) is 10.5. The summed E-state index contributed by atoms with van der Waals surface area (Å²) in [4.78, 5) is 26.7. The van der Waals surface area contributed by atoms with E-state index in [1.807, 2.05) is 12.1 Å². The Kier molecular flexibility index (Phi) is 12.7. The number of anilines is 4. The fraction of sp³-hybridized carbons (Fsp3) is 0.655. The van der Waals surface area contributed by atoms with E-state index in [2.05, 4.69) is 31.2 Å². The monoisotopic (exact) mass is 554 g/mol. The van der Waals surface area contributed by atoms with Crippen molar-refractivity contribution < 1.29 is 14.3 Å². The molecule has 40 heavy (non-hydrogen) atoms. The molecule has 1 amide bonds. The first kappa shape index (κ1) is 30.0. The first-order valence-electron chi connectivity index (χ1n) is 15.0. The lowest BCUT2D eigenvalue weighted by Crippen LogP contribution is -2.27. The number of nitrogens with two attached hydrogens (primary N) is 1. The first-order chi connectivity index (χ1) is 19.7. The number of benzene rings is 1. The molecule has 2 saturated carbocycles. The number of nitrogens with zero attached hydrogens (tertiary/aromatic N) is 3. The Morgan fingerprint density at radius 1 is 0.850 bits per heavy atom. The highest BCUT2D eigenvalue weighted by molar-refractivity contribution is 5.95. The molecule has 0 saturated heterocycles. The van der Waals surface area contributed by atoms with Gasteiger partial charge in [-0.3, -0.25) is 4.79 Å². The molecule has 0 bridgehead atoms. The van der Waals surface area contributed by atoms with E-state index in [4.69, 9.17) is 20.2 Å². The average molecular weight is 555 g/mol. The van der Waals surface area contributed by atoms with Crippen molar-refractivity contribution in [3.8, 4) is 0 Å². The van der Waals surface area contributed by atoms with Crippen molar-refractivity contribution in [3.63, 3.8) is 0 Å². The molecule has 0 aliphatic heterocycles. The normalized spacial score (nSPS) is 16.4. The standard InChI is InChI=1S/C29H46N8O3/c30-14-16-39-18-19-40-17-15-31-26(38)23-10-7-13-25(20-23)34-29-36-27(32-21-22-8-3-1-4-9-22)35-28(37-29)33-24-11-5-2-6-12-24/h7,10,13,20,22,24H,1-6,8-9,11-12,14-19,21,30H2,(H,31,38)(H3,32,33,34,35,36,37). The molecule has 220 valence electrons. The fourth-order valence-corrected chi connectivity index (χ4v) is 5.24. The van der Waals surface area contributed by atoms with Gasteiger partial charge in [0.2, 0.25) is 17.8 Å². The van der Waals surface area contributed by atoms with E-state index in [1.165, 1.54) is 51.4 Å². The van der Waals surface area contributed by atoms with Crippen LogP contribution < -0.4 is 27.0 Å². The lowest BCUT2D eigenvalue weighted by atomic mass is 9.89. The second-order valence-electron chi connectivity index (χ2n) is 10.6. The van der Waals surface area contributed by atoms with Crippen LogP contribution in [0.1, 0.15) is 74.6 Å². The van der Waals surface area contributed by atoms with Crippen LogP contribution in [0.3, 0.4) is 0 Å². The summed E-state index contributed by atoms with van der Waals surface area (Å²) in [5, 5.41) is 13.2. The molecule has 11 heteroatoms. The van der Waals surface area contributed by atoms with Gasteiger partial charge in [0.05, 0.1) is 26.4 Å². The molecular formula is C29H46N8O3. The molecule has 0 atom stereocenters. The summed E-state index contributed by atoms with van der Waals surface area (Å²) in [6, 6.07) is 7.69. The van der Waals surface area contributed by atoms with Crippen molar-refractivity contribution in [2.45, 2.75) is 70.3 Å². The lowest BCUT2D eigenvalue weighted by Gasteiger charge is -2.24. The molecule has 1 aromatic heterocycles. The predicted octanol–water partition coefficient (Wildman–Crippen LogP) is 4.07. The first-order valence-corrected chi connectivity index (χ1v) is 15.0. The predicted molar refractivity (Wildman–Crippen MR) is 158 cm³/mol. The van der Waals surface area contributed by atoms with Crippen molar-refractivity contribution in [1.82, 2.24) is 20.3 Å². The largest absolute Gasteiger partial charge is 0.378 e. The van der Waals surface area contributed by atoms with Crippen LogP contribution in [0.2, 0.25) is 0 Å². The number of hydrogen-bond donors (Lipinski definition) is 5. The van der Waals surface area contributed by atoms with E-state index in [1.54, 1.807) is 12.1 Å². The summed E-state index contributed by atoms with van der Waals surface area (Å²) in [5.41, 5.74) is 6.66. The third-order valence-electron chi connectivity index (χ3n) is 7.39. The van der Waals surface area contributed by atoms with Crippen LogP contribution >= 0.6 is 0 Å². The van der Waals surface area contributed by atoms with Gasteiger partial charge in [0.25, 0.3) is 5.91 Å². The quantitative estimate of drug-likeness (QED) is 0.192. The molecule has 0 unspecified atom stereocenters. The van der Waals surface area contributed by atoms with Gasteiger partial charge in [-0.2, -0.15) is 15.0 Å². The van der Waals surface area contributed by atoms with E-state index >= 15 is 0 Å². The minimum absolute atomic E-state index is 0.170. The highest BCUT2D eigenvalue weighted by Gasteiger charge is 2.18. The third-order valence-corrected chi connectivity index (χ3v) is 7.39. The Balaban J connectivity index is 1.34. The van der Waals surface area contributed by atoms with Gasteiger partial charge in [0.15, 0.2) is 0 Å². The minimum atomic E-state index is -0.170. The number of aromatic nitrogens is 3. The lowest BCUT2D eigenvalue weighted by molar-refractivity contribution is 0.0511. The van der Waals surface area contributed by atoms with Gasteiger partial charge in [-0.25, -0.2) is 0 Å². The van der Waals surface area contributed by atoms with Crippen molar-refractivity contribution in [2.75, 3.05) is 62.0 Å². The molecule has 2 aliphatic rings. The second-order valence-corrected chi connectivity index (χ2v) is 10.6. The number of amides is 1. The van der Waals surface area contributed by atoms with Gasteiger partial charge in [0, 0.05) is 36.9 Å². The van der Waals surface area contributed by atoms with Crippen molar-refractivity contribution >= 4 is 29.4 Å². The van der Waals surface area contributed by atoms with E-state index in [0.29, 0.717) is 74.9 Å². The number of rotatable bonds is 16.